The molecule has 1 aromatic heterocycles. The highest BCUT2D eigenvalue weighted by molar-refractivity contribution is 6.03. The number of ketones is 1. The molecule has 0 amide bonds. The number of benzene rings is 1. The van der Waals surface area contributed by atoms with E-state index in [4.69, 9.17) is 9.15 Å². The Bertz CT molecular complexity index is 997. The number of carbonyl (C=O) groups is 2. The van der Waals surface area contributed by atoms with Crippen LogP contribution < -0.4 is 5.32 Å². The van der Waals surface area contributed by atoms with Crippen molar-refractivity contribution in [1.29, 1.82) is 0 Å². The molecular weight excluding hydrogens is 366 g/mol. The minimum atomic E-state index is -0.517. The lowest BCUT2D eigenvalue weighted by molar-refractivity contribution is -0.139. The maximum absolute atomic E-state index is 13.1. The van der Waals surface area contributed by atoms with E-state index in [0.29, 0.717) is 29.7 Å². The minimum absolute atomic E-state index is 0.0693. The summed E-state index contributed by atoms with van der Waals surface area (Å²) in [6, 6.07) is 13.6. The first kappa shape index (κ1) is 19.2. The lowest BCUT2D eigenvalue weighted by Gasteiger charge is -2.32. The zero-order valence-corrected chi connectivity index (χ0v) is 16.8. The third-order valence-corrected chi connectivity index (χ3v) is 5.51. The number of aryl methyl sites for hydroxylation is 1. The highest BCUT2D eigenvalue weighted by atomic mass is 16.5. The molecule has 0 saturated heterocycles. The average Bonchev–Trinajstić information content (AvgIpc) is 3.14. The average molecular weight is 391 g/mol. The number of ether oxygens (including phenoxy) is 1. The summed E-state index contributed by atoms with van der Waals surface area (Å²) in [4.78, 5) is 25.9. The largest absolute Gasteiger partial charge is 0.465 e. The highest BCUT2D eigenvalue weighted by Crippen LogP contribution is 2.42. The second-order valence-corrected chi connectivity index (χ2v) is 7.59. The zero-order chi connectivity index (χ0) is 20.4. The van der Waals surface area contributed by atoms with Gasteiger partial charge < -0.3 is 14.5 Å². The SMILES string of the molecule is CC1=C(C(=O)OCCc2ccccc2)[C@H](c2ccc(C)o2)C2=C(CCCC2=O)N1. The van der Waals surface area contributed by atoms with E-state index in [1.807, 2.05) is 56.3 Å². The highest BCUT2D eigenvalue weighted by Gasteiger charge is 2.40. The van der Waals surface area contributed by atoms with Gasteiger partial charge in [0.1, 0.15) is 11.5 Å². The Hall–Kier alpha value is -3.08. The first-order valence-electron chi connectivity index (χ1n) is 10.1. The molecule has 0 bridgehead atoms. The predicted molar refractivity (Wildman–Crippen MR) is 109 cm³/mol. The summed E-state index contributed by atoms with van der Waals surface area (Å²) >= 11 is 0. The molecule has 2 heterocycles. The first-order valence-corrected chi connectivity index (χ1v) is 10.1. The van der Waals surface area contributed by atoms with Crippen LogP contribution in [-0.2, 0) is 20.7 Å². The van der Waals surface area contributed by atoms with Crippen molar-refractivity contribution >= 4 is 11.8 Å². The van der Waals surface area contributed by atoms with Crippen molar-refractivity contribution in [2.75, 3.05) is 6.61 Å². The third-order valence-electron chi connectivity index (χ3n) is 5.51. The molecule has 29 heavy (non-hydrogen) atoms. The molecule has 1 N–H and O–H groups in total. The molecule has 1 aromatic carbocycles. The van der Waals surface area contributed by atoms with Crippen LogP contribution in [0, 0.1) is 6.92 Å². The van der Waals surface area contributed by atoms with Gasteiger partial charge >= 0.3 is 5.97 Å². The lowest BCUT2D eigenvalue weighted by atomic mass is 9.77. The van der Waals surface area contributed by atoms with Gasteiger partial charge in [-0.15, -0.1) is 0 Å². The Kier molecular flexibility index (Phi) is 5.38. The summed E-state index contributed by atoms with van der Waals surface area (Å²) in [7, 11) is 0. The maximum atomic E-state index is 13.1. The van der Waals surface area contributed by atoms with Crippen LogP contribution in [-0.4, -0.2) is 18.4 Å². The van der Waals surface area contributed by atoms with E-state index in [1.54, 1.807) is 0 Å². The molecule has 0 radical (unpaired) electrons. The molecule has 1 aliphatic carbocycles. The van der Waals surface area contributed by atoms with E-state index in [9.17, 15) is 9.59 Å². The molecule has 1 atom stereocenters. The molecule has 0 fully saturated rings. The Morgan fingerprint density at radius 2 is 1.93 bits per heavy atom. The summed E-state index contributed by atoms with van der Waals surface area (Å²) in [6.45, 7) is 4.00. The van der Waals surface area contributed by atoms with Crippen molar-refractivity contribution in [3.05, 3.63) is 82.1 Å². The Balaban J connectivity index is 1.61. The van der Waals surface area contributed by atoms with Crippen LogP contribution in [0.5, 0.6) is 0 Å². The summed E-state index contributed by atoms with van der Waals surface area (Å²) in [5, 5.41) is 3.29. The van der Waals surface area contributed by atoms with Gasteiger partial charge in [0.2, 0.25) is 0 Å². The standard InChI is InChI=1S/C24H25NO4/c1-15-11-12-20(29-15)23-21(16(2)25-18-9-6-10-19(26)22(18)23)24(27)28-14-13-17-7-4-3-5-8-17/h3-5,7-8,11-12,23,25H,6,9-10,13-14H2,1-2H3/t23-/m0/s1. The molecule has 0 unspecified atom stereocenters. The van der Waals surface area contributed by atoms with Gasteiger partial charge in [0.05, 0.1) is 18.1 Å². The number of esters is 1. The van der Waals surface area contributed by atoms with Gasteiger partial charge in [0.15, 0.2) is 5.78 Å². The van der Waals surface area contributed by atoms with Gasteiger partial charge in [0, 0.05) is 29.8 Å². The van der Waals surface area contributed by atoms with Crippen LogP contribution in [0.15, 0.2) is 69.4 Å². The van der Waals surface area contributed by atoms with Gasteiger partial charge in [-0.25, -0.2) is 4.79 Å². The van der Waals surface area contributed by atoms with E-state index in [2.05, 4.69) is 5.32 Å². The normalized spacial score (nSPS) is 19.1. The summed E-state index contributed by atoms with van der Waals surface area (Å²) in [5.41, 5.74) is 3.84. The van der Waals surface area contributed by atoms with Crippen LogP contribution in [0.25, 0.3) is 0 Å². The van der Waals surface area contributed by atoms with E-state index in [0.717, 1.165) is 35.6 Å². The van der Waals surface area contributed by atoms with E-state index < -0.39 is 11.9 Å². The zero-order valence-electron chi connectivity index (χ0n) is 16.8. The van der Waals surface area contributed by atoms with Crippen LogP contribution >= 0.6 is 0 Å². The quantitative estimate of drug-likeness (QED) is 0.768. The Labute approximate surface area is 170 Å². The van der Waals surface area contributed by atoms with E-state index >= 15 is 0 Å². The monoisotopic (exact) mass is 391 g/mol. The molecule has 0 saturated carbocycles. The summed E-state index contributed by atoms with van der Waals surface area (Å²) < 4.78 is 11.5. The topological polar surface area (TPSA) is 68.5 Å². The summed E-state index contributed by atoms with van der Waals surface area (Å²) in [5.74, 6) is 0.506. The molecule has 5 nitrogen and oxygen atoms in total. The van der Waals surface area contributed by atoms with Gasteiger partial charge in [0.25, 0.3) is 0 Å². The third kappa shape index (κ3) is 3.90. The Morgan fingerprint density at radius 1 is 1.14 bits per heavy atom. The van der Waals surface area contributed by atoms with Crippen LogP contribution in [0.4, 0.5) is 0 Å². The molecule has 5 heteroatoms. The number of furan rings is 1. The molecule has 150 valence electrons. The minimum Gasteiger partial charge on any atom is -0.465 e. The van der Waals surface area contributed by atoms with Crippen molar-refractivity contribution in [1.82, 2.24) is 5.32 Å². The van der Waals surface area contributed by atoms with Crippen LogP contribution in [0.1, 0.15) is 49.2 Å². The fourth-order valence-electron chi connectivity index (χ4n) is 4.13. The van der Waals surface area contributed by atoms with Gasteiger partial charge in [-0.05, 0) is 44.4 Å². The number of dihydropyridines is 1. The maximum Gasteiger partial charge on any atom is 0.336 e. The lowest BCUT2D eigenvalue weighted by Crippen LogP contribution is -2.34. The van der Waals surface area contributed by atoms with Gasteiger partial charge in [-0.3, -0.25) is 4.79 Å². The smallest absolute Gasteiger partial charge is 0.336 e. The number of nitrogens with one attached hydrogen (secondary N) is 1. The fourth-order valence-corrected chi connectivity index (χ4v) is 4.13. The first-order chi connectivity index (χ1) is 14.0. The van der Waals surface area contributed by atoms with E-state index in [-0.39, 0.29) is 12.4 Å². The Morgan fingerprint density at radius 3 is 2.66 bits per heavy atom. The number of Topliss-reactive ketones (excluding diaryl/α,β-unsaturated/α-hetero) is 1. The molecule has 2 aliphatic rings. The predicted octanol–water partition coefficient (Wildman–Crippen LogP) is 4.34. The second kappa shape index (κ2) is 8.11. The van der Waals surface area contributed by atoms with Crippen LogP contribution in [0.2, 0.25) is 0 Å². The van der Waals surface area contributed by atoms with Crippen LogP contribution in [0.3, 0.4) is 0 Å². The number of hydrogen-bond acceptors (Lipinski definition) is 5. The van der Waals surface area contributed by atoms with Gasteiger partial charge in [-0.2, -0.15) is 0 Å². The van der Waals surface area contributed by atoms with Crippen molar-refractivity contribution in [3.63, 3.8) is 0 Å². The molecular formula is C24H25NO4. The molecule has 0 spiro atoms. The molecule has 1 aliphatic heterocycles. The number of carbonyl (C=O) groups excluding carboxylic acids is 2. The van der Waals surface area contributed by atoms with Crippen molar-refractivity contribution in [2.24, 2.45) is 0 Å². The van der Waals surface area contributed by atoms with Crippen molar-refractivity contribution in [3.8, 4) is 0 Å². The number of allylic oxidation sites excluding steroid dienone is 3. The molecule has 4 rings (SSSR count). The van der Waals surface area contributed by atoms with Crippen molar-refractivity contribution in [2.45, 2.75) is 45.4 Å². The van der Waals surface area contributed by atoms with Crippen molar-refractivity contribution < 1.29 is 18.7 Å². The van der Waals surface area contributed by atoms with E-state index in [1.165, 1.54) is 0 Å². The summed E-state index contributed by atoms with van der Waals surface area (Å²) in [6.07, 6.45) is 2.75. The fraction of sp³-hybridized carbons (Fsp3) is 0.333. The molecule has 2 aromatic rings. The van der Waals surface area contributed by atoms with Gasteiger partial charge in [-0.1, -0.05) is 30.3 Å². The number of rotatable bonds is 5. The number of hydrogen-bond donors (Lipinski definition) is 1. The second-order valence-electron chi connectivity index (χ2n) is 7.59.